The maximum Gasteiger partial charge on any atom is 0.251 e. The van der Waals surface area contributed by atoms with Crippen LogP contribution in [0.3, 0.4) is 0 Å². The average molecular weight is 275 g/mol. The molecule has 108 valence electrons. The van der Waals surface area contributed by atoms with E-state index < -0.39 is 0 Å². The smallest absolute Gasteiger partial charge is 0.251 e. The fourth-order valence-electron chi connectivity index (χ4n) is 2.04. The van der Waals surface area contributed by atoms with Crippen LogP contribution in [0, 0.1) is 6.92 Å². The Labute approximate surface area is 119 Å². The van der Waals surface area contributed by atoms with Crippen LogP contribution in [0.2, 0.25) is 0 Å². The summed E-state index contributed by atoms with van der Waals surface area (Å²) >= 11 is 0. The highest BCUT2D eigenvalue weighted by molar-refractivity contribution is 5.99. The summed E-state index contributed by atoms with van der Waals surface area (Å²) in [6, 6.07) is 5.95. The number of carbonyl (C=O) groups excluding carboxylic acids is 2. The van der Waals surface area contributed by atoms with Crippen LogP contribution in [0.1, 0.15) is 35.2 Å². The van der Waals surface area contributed by atoms with E-state index >= 15 is 0 Å². The molecule has 1 saturated carbocycles. The van der Waals surface area contributed by atoms with Crippen molar-refractivity contribution in [1.82, 2.24) is 10.6 Å². The van der Waals surface area contributed by atoms with Crippen LogP contribution in [0.15, 0.2) is 18.2 Å². The van der Waals surface area contributed by atoms with Gasteiger partial charge in [0.05, 0.1) is 0 Å². The summed E-state index contributed by atoms with van der Waals surface area (Å²) in [6.45, 7) is 2.54. The first-order valence-electron chi connectivity index (χ1n) is 6.96. The Balaban J connectivity index is 1.93. The van der Waals surface area contributed by atoms with Gasteiger partial charge < -0.3 is 16.0 Å². The Bertz CT molecular complexity index is 510. The first-order valence-corrected chi connectivity index (χ1v) is 6.96. The maximum absolute atomic E-state index is 11.9. The van der Waals surface area contributed by atoms with Crippen molar-refractivity contribution in [3.8, 4) is 0 Å². The van der Waals surface area contributed by atoms with E-state index in [1.165, 1.54) is 12.8 Å². The van der Waals surface area contributed by atoms with Gasteiger partial charge in [0, 0.05) is 37.3 Å². The van der Waals surface area contributed by atoms with Crippen LogP contribution < -0.4 is 16.0 Å². The van der Waals surface area contributed by atoms with E-state index in [4.69, 9.17) is 0 Å². The molecule has 1 aliphatic carbocycles. The summed E-state index contributed by atoms with van der Waals surface area (Å²) in [5, 5.41) is 8.76. The van der Waals surface area contributed by atoms with E-state index in [0.717, 1.165) is 5.56 Å². The molecule has 0 aromatic heterocycles. The number of amides is 2. The molecule has 0 radical (unpaired) electrons. The SMILES string of the molecule is CNC(=O)c1cccc(NC(=O)CCNC2CC2)c1C. The summed E-state index contributed by atoms with van der Waals surface area (Å²) in [7, 11) is 1.59. The predicted molar refractivity (Wildman–Crippen MR) is 78.8 cm³/mol. The van der Waals surface area contributed by atoms with Crippen LogP contribution in [0.4, 0.5) is 5.69 Å². The van der Waals surface area contributed by atoms with Gasteiger partial charge in [-0.05, 0) is 37.5 Å². The molecule has 0 unspecified atom stereocenters. The summed E-state index contributed by atoms with van der Waals surface area (Å²) in [6.07, 6.45) is 2.88. The van der Waals surface area contributed by atoms with Crippen molar-refractivity contribution in [1.29, 1.82) is 0 Å². The van der Waals surface area contributed by atoms with Crippen LogP contribution in [0.5, 0.6) is 0 Å². The van der Waals surface area contributed by atoms with Crippen molar-refractivity contribution in [3.05, 3.63) is 29.3 Å². The molecule has 0 atom stereocenters. The molecule has 2 amide bonds. The quantitative estimate of drug-likeness (QED) is 0.735. The number of anilines is 1. The molecule has 5 heteroatoms. The van der Waals surface area contributed by atoms with Gasteiger partial charge in [-0.15, -0.1) is 0 Å². The molecular formula is C15H21N3O2. The lowest BCUT2D eigenvalue weighted by atomic mass is 10.1. The summed E-state index contributed by atoms with van der Waals surface area (Å²) in [5.74, 6) is -0.177. The molecular weight excluding hydrogens is 254 g/mol. The predicted octanol–water partition coefficient (Wildman–Crippen LogP) is 1.44. The Morgan fingerprint density at radius 1 is 1.30 bits per heavy atom. The number of nitrogens with one attached hydrogen (secondary N) is 3. The number of hydrogen-bond acceptors (Lipinski definition) is 3. The monoisotopic (exact) mass is 275 g/mol. The molecule has 20 heavy (non-hydrogen) atoms. The van der Waals surface area contributed by atoms with Crippen molar-refractivity contribution in [2.24, 2.45) is 0 Å². The van der Waals surface area contributed by atoms with E-state index in [-0.39, 0.29) is 11.8 Å². The first-order chi connectivity index (χ1) is 9.61. The Morgan fingerprint density at radius 2 is 2.05 bits per heavy atom. The topological polar surface area (TPSA) is 70.2 Å². The average Bonchev–Trinajstić information content (AvgIpc) is 3.24. The second-order valence-electron chi connectivity index (χ2n) is 5.08. The molecule has 0 spiro atoms. The lowest BCUT2D eigenvalue weighted by Gasteiger charge is -2.12. The van der Waals surface area contributed by atoms with Crippen LogP contribution in [0.25, 0.3) is 0 Å². The van der Waals surface area contributed by atoms with Crippen molar-refractivity contribution in [3.63, 3.8) is 0 Å². The van der Waals surface area contributed by atoms with Gasteiger partial charge in [0.15, 0.2) is 0 Å². The van der Waals surface area contributed by atoms with Gasteiger partial charge in [-0.1, -0.05) is 6.07 Å². The molecule has 0 aliphatic heterocycles. The highest BCUT2D eigenvalue weighted by atomic mass is 16.2. The normalized spacial score (nSPS) is 13.9. The van der Waals surface area contributed by atoms with Gasteiger partial charge in [-0.3, -0.25) is 9.59 Å². The van der Waals surface area contributed by atoms with E-state index in [0.29, 0.717) is 30.3 Å². The summed E-state index contributed by atoms with van der Waals surface area (Å²) in [5.41, 5.74) is 2.07. The fourth-order valence-corrected chi connectivity index (χ4v) is 2.04. The van der Waals surface area contributed by atoms with Crippen LogP contribution in [-0.4, -0.2) is 31.4 Å². The lowest BCUT2D eigenvalue weighted by molar-refractivity contribution is -0.116. The highest BCUT2D eigenvalue weighted by Gasteiger charge is 2.20. The number of carbonyl (C=O) groups is 2. The van der Waals surface area contributed by atoms with Gasteiger partial charge in [0.1, 0.15) is 0 Å². The van der Waals surface area contributed by atoms with Gasteiger partial charge >= 0.3 is 0 Å². The van der Waals surface area contributed by atoms with Crippen molar-refractivity contribution in [2.75, 3.05) is 18.9 Å². The number of benzene rings is 1. The minimum absolute atomic E-state index is 0.0321. The van der Waals surface area contributed by atoms with Crippen molar-refractivity contribution >= 4 is 17.5 Å². The van der Waals surface area contributed by atoms with Crippen molar-refractivity contribution < 1.29 is 9.59 Å². The van der Waals surface area contributed by atoms with Crippen LogP contribution in [-0.2, 0) is 4.79 Å². The van der Waals surface area contributed by atoms with E-state index in [1.54, 1.807) is 19.2 Å². The van der Waals surface area contributed by atoms with E-state index in [1.807, 2.05) is 13.0 Å². The van der Waals surface area contributed by atoms with Gasteiger partial charge in [0.2, 0.25) is 5.91 Å². The zero-order chi connectivity index (χ0) is 14.5. The maximum atomic E-state index is 11.9. The third kappa shape index (κ3) is 3.81. The molecule has 0 heterocycles. The van der Waals surface area contributed by atoms with Gasteiger partial charge in [0.25, 0.3) is 5.91 Å². The summed E-state index contributed by atoms with van der Waals surface area (Å²) in [4.78, 5) is 23.6. The molecule has 3 N–H and O–H groups in total. The standard InChI is InChI=1S/C15H21N3O2/c1-10-12(15(20)16-2)4-3-5-13(10)18-14(19)8-9-17-11-6-7-11/h3-5,11,17H,6-9H2,1-2H3,(H,16,20)(H,18,19). The van der Waals surface area contributed by atoms with E-state index in [9.17, 15) is 9.59 Å². The van der Waals surface area contributed by atoms with E-state index in [2.05, 4.69) is 16.0 Å². The Kier molecular flexibility index (Phi) is 4.74. The number of rotatable bonds is 6. The minimum atomic E-state index is -0.144. The second-order valence-corrected chi connectivity index (χ2v) is 5.08. The fraction of sp³-hybridized carbons (Fsp3) is 0.467. The molecule has 1 aromatic carbocycles. The van der Waals surface area contributed by atoms with Gasteiger partial charge in [-0.25, -0.2) is 0 Å². The molecule has 0 saturated heterocycles. The Morgan fingerprint density at radius 3 is 2.70 bits per heavy atom. The third-order valence-electron chi connectivity index (χ3n) is 3.44. The molecule has 1 aromatic rings. The second kappa shape index (κ2) is 6.52. The zero-order valence-electron chi connectivity index (χ0n) is 12.0. The number of hydrogen-bond donors (Lipinski definition) is 3. The lowest BCUT2D eigenvalue weighted by Crippen LogP contribution is -2.24. The first kappa shape index (κ1) is 14.5. The molecule has 0 bridgehead atoms. The largest absolute Gasteiger partial charge is 0.355 e. The third-order valence-corrected chi connectivity index (χ3v) is 3.44. The molecule has 1 fully saturated rings. The zero-order valence-corrected chi connectivity index (χ0v) is 12.0. The Hall–Kier alpha value is -1.88. The minimum Gasteiger partial charge on any atom is -0.355 e. The summed E-state index contributed by atoms with van der Waals surface area (Å²) < 4.78 is 0. The van der Waals surface area contributed by atoms with Crippen LogP contribution >= 0.6 is 0 Å². The molecule has 2 rings (SSSR count). The molecule has 1 aliphatic rings. The molecule has 5 nitrogen and oxygen atoms in total. The van der Waals surface area contributed by atoms with Crippen molar-refractivity contribution in [2.45, 2.75) is 32.2 Å². The van der Waals surface area contributed by atoms with Gasteiger partial charge in [-0.2, -0.15) is 0 Å². The highest BCUT2D eigenvalue weighted by Crippen LogP contribution is 2.20.